The highest BCUT2D eigenvalue weighted by Crippen LogP contribution is 2.04. The maximum Gasteiger partial charge on any atom is 0.0980 e. The van der Waals surface area contributed by atoms with E-state index in [1.54, 1.807) is 6.20 Å². The number of aromatic nitrogens is 2. The molecule has 0 amide bonds. The molecular formula is C2H6N2O2S2. The molecule has 6 heteroatoms. The second kappa shape index (κ2) is 4.98. The second-order valence-electron chi connectivity index (χ2n) is 0.756. The largest absolute Gasteiger partial charge is 0.412 e. The summed E-state index contributed by atoms with van der Waals surface area (Å²) in [6.07, 6.45) is 1.60. The Bertz CT molecular complexity index is 120. The van der Waals surface area contributed by atoms with E-state index in [4.69, 9.17) is 0 Å². The number of thiol groups is 1. The van der Waals surface area contributed by atoms with Gasteiger partial charge in [-0.25, -0.2) is 0 Å². The first-order chi connectivity index (χ1) is 2.89. The number of hydrogen-bond donors (Lipinski definition) is 1. The zero-order valence-corrected chi connectivity index (χ0v) is 5.54. The lowest BCUT2D eigenvalue weighted by molar-refractivity contribution is 0.823. The number of rotatable bonds is 0. The summed E-state index contributed by atoms with van der Waals surface area (Å²) in [5, 5.41) is 3.51. The second-order valence-corrected chi connectivity index (χ2v) is 2.33. The first-order valence-corrected chi connectivity index (χ1v) is 2.58. The summed E-state index contributed by atoms with van der Waals surface area (Å²) in [5.41, 5.74) is 0. The van der Waals surface area contributed by atoms with Gasteiger partial charge in [-0.15, -0.1) is 17.7 Å². The molecule has 0 saturated carbocycles. The van der Waals surface area contributed by atoms with Crippen LogP contribution in [0.25, 0.3) is 0 Å². The Labute approximate surface area is 55.7 Å². The molecule has 0 aliphatic heterocycles. The van der Waals surface area contributed by atoms with Crippen LogP contribution >= 0.6 is 24.2 Å². The van der Waals surface area contributed by atoms with Crippen LogP contribution in [-0.2, 0) is 0 Å². The molecule has 0 unspecified atom stereocenters. The highest BCUT2D eigenvalue weighted by atomic mass is 32.2. The van der Waals surface area contributed by atoms with Crippen molar-refractivity contribution in [1.82, 2.24) is 9.59 Å². The van der Waals surface area contributed by atoms with Gasteiger partial charge in [-0.05, 0) is 11.5 Å². The summed E-state index contributed by atoms with van der Waals surface area (Å²) in [5.74, 6) is 0. The Kier molecular flexibility index (Phi) is 6.68. The van der Waals surface area contributed by atoms with Crippen LogP contribution in [0.15, 0.2) is 10.4 Å². The molecule has 0 saturated heterocycles. The molecule has 0 aromatic carbocycles. The predicted octanol–water partition coefficient (Wildman–Crippen LogP) is -0.823. The smallest absolute Gasteiger partial charge is 0.0980 e. The van der Waals surface area contributed by atoms with Gasteiger partial charge >= 0.3 is 0 Å². The van der Waals surface area contributed by atoms with E-state index in [0.29, 0.717) is 0 Å². The van der Waals surface area contributed by atoms with Crippen molar-refractivity contribution in [1.29, 1.82) is 0 Å². The minimum Gasteiger partial charge on any atom is -0.412 e. The topological polar surface area (TPSA) is 88.8 Å². The molecule has 0 spiro atoms. The van der Waals surface area contributed by atoms with Crippen LogP contribution in [0.5, 0.6) is 0 Å². The van der Waals surface area contributed by atoms with E-state index in [9.17, 15) is 0 Å². The van der Waals surface area contributed by atoms with Gasteiger partial charge in [0.25, 0.3) is 0 Å². The van der Waals surface area contributed by atoms with Gasteiger partial charge < -0.3 is 11.0 Å². The predicted molar refractivity (Wildman–Crippen MR) is 34.4 cm³/mol. The molecule has 0 bridgehead atoms. The Balaban J connectivity index is 0. The van der Waals surface area contributed by atoms with Crippen LogP contribution in [-0.4, -0.2) is 20.5 Å². The van der Waals surface area contributed by atoms with Crippen molar-refractivity contribution < 1.29 is 11.0 Å². The van der Waals surface area contributed by atoms with Crippen LogP contribution in [0, 0.1) is 0 Å². The number of nitrogens with zero attached hydrogens (tertiary/aromatic N) is 2. The monoisotopic (exact) mass is 154 g/mol. The van der Waals surface area contributed by atoms with E-state index < -0.39 is 0 Å². The van der Waals surface area contributed by atoms with Gasteiger partial charge in [0.15, 0.2) is 0 Å². The van der Waals surface area contributed by atoms with Crippen molar-refractivity contribution in [3.8, 4) is 0 Å². The van der Waals surface area contributed by atoms with Crippen molar-refractivity contribution in [2.24, 2.45) is 0 Å². The van der Waals surface area contributed by atoms with Crippen molar-refractivity contribution in [3.63, 3.8) is 0 Å². The molecule has 1 aromatic heterocycles. The Morgan fingerprint density at radius 3 is 2.25 bits per heavy atom. The van der Waals surface area contributed by atoms with Crippen molar-refractivity contribution in [2.75, 3.05) is 0 Å². The fourth-order valence-electron chi connectivity index (χ4n) is 0.162. The van der Waals surface area contributed by atoms with Crippen LogP contribution < -0.4 is 0 Å². The molecule has 0 atom stereocenters. The molecule has 1 rings (SSSR count). The van der Waals surface area contributed by atoms with Gasteiger partial charge in [0.2, 0.25) is 0 Å². The van der Waals surface area contributed by atoms with E-state index in [1.807, 2.05) is 0 Å². The average molecular weight is 154 g/mol. The molecule has 0 aliphatic carbocycles. The fraction of sp³-hybridized carbons (Fsp3) is 0. The van der Waals surface area contributed by atoms with E-state index in [2.05, 4.69) is 22.2 Å². The van der Waals surface area contributed by atoms with Crippen LogP contribution in [0.1, 0.15) is 0 Å². The van der Waals surface area contributed by atoms with Gasteiger partial charge in [0.05, 0.1) is 10.4 Å². The maximum atomic E-state index is 3.93. The van der Waals surface area contributed by atoms with Crippen molar-refractivity contribution in [3.05, 3.63) is 6.20 Å². The van der Waals surface area contributed by atoms with Gasteiger partial charge in [-0.1, -0.05) is 4.49 Å². The summed E-state index contributed by atoms with van der Waals surface area (Å²) in [7, 11) is 0. The third-order valence-corrected chi connectivity index (χ3v) is 1.18. The zero-order valence-electron chi connectivity index (χ0n) is 3.83. The molecule has 0 radical (unpaired) electrons. The van der Waals surface area contributed by atoms with Gasteiger partial charge in [-0.3, -0.25) is 0 Å². The average Bonchev–Trinajstić information content (AvgIpc) is 1.86. The van der Waals surface area contributed by atoms with Crippen LogP contribution in [0.4, 0.5) is 0 Å². The quantitative estimate of drug-likeness (QED) is 0.494. The Morgan fingerprint density at radius 2 is 2.12 bits per heavy atom. The van der Waals surface area contributed by atoms with Gasteiger partial charge in [-0.2, -0.15) is 0 Å². The SMILES string of the molecule is O.O.Sc1cnns1. The van der Waals surface area contributed by atoms with Crippen molar-refractivity contribution >= 4 is 24.2 Å². The zero-order chi connectivity index (χ0) is 4.41. The summed E-state index contributed by atoms with van der Waals surface area (Å²) in [4.78, 5) is 0. The highest BCUT2D eigenvalue weighted by molar-refractivity contribution is 7.82. The summed E-state index contributed by atoms with van der Waals surface area (Å²) < 4.78 is 4.39. The Morgan fingerprint density at radius 1 is 1.50 bits per heavy atom. The van der Waals surface area contributed by atoms with Crippen LogP contribution in [0.3, 0.4) is 0 Å². The van der Waals surface area contributed by atoms with Gasteiger partial charge in [0, 0.05) is 0 Å². The summed E-state index contributed by atoms with van der Waals surface area (Å²) >= 11 is 5.21. The van der Waals surface area contributed by atoms with Crippen molar-refractivity contribution in [2.45, 2.75) is 4.21 Å². The first kappa shape index (κ1) is 10.7. The van der Waals surface area contributed by atoms with E-state index >= 15 is 0 Å². The Hall–Kier alpha value is -0.170. The molecule has 1 aromatic rings. The van der Waals surface area contributed by atoms with E-state index in [-0.39, 0.29) is 11.0 Å². The maximum absolute atomic E-state index is 3.93. The standard InChI is InChI=1S/C2H2N2S2.2H2O/c5-2-1-3-4-6-2;;/h1,5H;2*1H2. The summed E-state index contributed by atoms with van der Waals surface area (Å²) in [6.45, 7) is 0. The highest BCUT2D eigenvalue weighted by Gasteiger charge is 1.79. The molecule has 4 N–H and O–H groups in total. The third-order valence-electron chi connectivity index (χ3n) is 0.350. The molecular weight excluding hydrogens is 148 g/mol. The molecule has 4 nitrogen and oxygen atoms in total. The van der Waals surface area contributed by atoms with E-state index in [0.717, 1.165) is 4.21 Å². The van der Waals surface area contributed by atoms with E-state index in [1.165, 1.54) is 11.5 Å². The molecule has 1 heterocycles. The number of hydrogen-bond acceptors (Lipinski definition) is 4. The lowest BCUT2D eigenvalue weighted by Crippen LogP contribution is -1.51. The molecule has 0 aliphatic rings. The lowest BCUT2D eigenvalue weighted by atomic mass is 11.0. The summed E-state index contributed by atoms with van der Waals surface area (Å²) in [6, 6.07) is 0. The van der Waals surface area contributed by atoms with Gasteiger partial charge in [0.1, 0.15) is 0 Å². The first-order valence-electron chi connectivity index (χ1n) is 1.36. The fourth-order valence-corrected chi connectivity index (χ4v) is 0.595. The molecule has 0 fully saturated rings. The normalized spacial score (nSPS) is 6.62. The third kappa shape index (κ3) is 2.92. The minimum absolute atomic E-state index is 0. The molecule has 48 valence electrons. The lowest BCUT2D eigenvalue weighted by Gasteiger charge is -1.59. The minimum atomic E-state index is 0. The van der Waals surface area contributed by atoms with Crippen LogP contribution in [0.2, 0.25) is 0 Å². The molecule has 8 heavy (non-hydrogen) atoms.